The van der Waals surface area contributed by atoms with Crippen molar-refractivity contribution in [1.29, 1.82) is 0 Å². The van der Waals surface area contributed by atoms with Crippen LogP contribution in [0.4, 0.5) is 5.69 Å². The van der Waals surface area contributed by atoms with Crippen LogP contribution in [0.25, 0.3) is 0 Å². The first-order valence-electron chi connectivity index (χ1n) is 7.98. The van der Waals surface area contributed by atoms with Crippen molar-refractivity contribution in [1.82, 2.24) is 5.32 Å². The molecule has 0 aliphatic heterocycles. The zero-order valence-corrected chi connectivity index (χ0v) is 14.3. The summed E-state index contributed by atoms with van der Waals surface area (Å²) in [6.45, 7) is 2.60. The van der Waals surface area contributed by atoms with Crippen molar-refractivity contribution in [3.8, 4) is 0 Å². The number of hydrogen-bond donors (Lipinski definition) is 2. The summed E-state index contributed by atoms with van der Waals surface area (Å²) in [4.78, 5) is 12.0. The van der Waals surface area contributed by atoms with E-state index in [-0.39, 0.29) is 5.91 Å². The fraction of sp³-hybridized carbons (Fsp3) is 0.588. The number of anilines is 1. The summed E-state index contributed by atoms with van der Waals surface area (Å²) in [5.41, 5.74) is 0.843. The monoisotopic (exact) mass is 352 g/mol. The lowest BCUT2D eigenvalue weighted by Gasteiger charge is -2.30. The van der Waals surface area contributed by atoms with Crippen LogP contribution < -0.4 is 10.6 Å². The molecule has 1 unspecified atom stereocenters. The van der Waals surface area contributed by atoms with Gasteiger partial charge in [-0.1, -0.05) is 42.1 Å². The van der Waals surface area contributed by atoms with Gasteiger partial charge in [-0.2, -0.15) is 0 Å². The van der Waals surface area contributed by atoms with Crippen molar-refractivity contribution in [2.45, 2.75) is 51.5 Å². The Morgan fingerprint density at radius 1 is 1.24 bits per heavy atom. The van der Waals surface area contributed by atoms with E-state index < -0.39 is 0 Å². The van der Waals surface area contributed by atoms with Crippen LogP contribution in [-0.2, 0) is 4.79 Å². The lowest BCUT2D eigenvalue weighted by atomic mass is 9.83. The van der Waals surface area contributed by atoms with Crippen molar-refractivity contribution in [3.05, 3.63) is 28.7 Å². The maximum atomic E-state index is 12.0. The molecule has 2 rings (SSSR count). The first kappa shape index (κ1) is 16.5. The number of amides is 1. The molecular weight excluding hydrogens is 328 g/mol. The standard InChI is InChI=1S/C17H25BrN2O/c1-2-16(13-6-4-3-5-7-13)19-12-17(21)20-15-10-8-14(18)9-11-15/h8-11,13,16,19H,2-7,12H2,1H3,(H,20,21). The topological polar surface area (TPSA) is 41.1 Å². The van der Waals surface area contributed by atoms with E-state index in [1.165, 1.54) is 32.1 Å². The van der Waals surface area contributed by atoms with Crippen molar-refractivity contribution in [2.24, 2.45) is 5.92 Å². The van der Waals surface area contributed by atoms with Gasteiger partial charge >= 0.3 is 0 Å². The number of rotatable bonds is 6. The molecule has 1 aliphatic carbocycles. The van der Waals surface area contributed by atoms with Crippen LogP contribution in [0.3, 0.4) is 0 Å². The van der Waals surface area contributed by atoms with Gasteiger partial charge in [0, 0.05) is 16.2 Å². The van der Waals surface area contributed by atoms with E-state index in [0.717, 1.165) is 22.5 Å². The third-order valence-corrected chi connectivity index (χ3v) is 4.84. The first-order chi connectivity index (χ1) is 10.2. The van der Waals surface area contributed by atoms with Gasteiger partial charge in [-0.25, -0.2) is 0 Å². The summed E-state index contributed by atoms with van der Waals surface area (Å²) in [6, 6.07) is 8.14. The predicted octanol–water partition coefficient (Wildman–Crippen LogP) is 4.34. The van der Waals surface area contributed by atoms with Gasteiger partial charge in [-0.15, -0.1) is 0 Å². The van der Waals surface area contributed by atoms with Crippen LogP contribution in [0.1, 0.15) is 45.4 Å². The molecule has 21 heavy (non-hydrogen) atoms. The summed E-state index contributed by atoms with van der Waals surface area (Å²) in [5, 5.41) is 6.38. The number of hydrogen-bond acceptors (Lipinski definition) is 2. The van der Waals surface area contributed by atoms with Gasteiger partial charge in [0.05, 0.1) is 6.54 Å². The van der Waals surface area contributed by atoms with E-state index in [1.54, 1.807) is 0 Å². The second-order valence-corrected chi connectivity index (χ2v) is 6.76. The number of benzene rings is 1. The smallest absolute Gasteiger partial charge is 0.238 e. The molecule has 1 aromatic carbocycles. The SMILES string of the molecule is CCC(NCC(=O)Nc1ccc(Br)cc1)C1CCCCC1. The zero-order valence-electron chi connectivity index (χ0n) is 12.7. The molecule has 1 amide bonds. The predicted molar refractivity (Wildman–Crippen MR) is 91.4 cm³/mol. The van der Waals surface area contributed by atoms with Crippen LogP contribution >= 0.6 is 15.9 Å². The summed E-state index contributed by atoms with van der Waals surface area (Å²) in [5.74, 6) is 0.774. The Balaban J connectivity index is 1.77. The number of carbonyl (C=O) groups is 1. The Hall–Kier alpha value is -0.870. The molecule has 1 atom stereocenters. The molecule has 1 saturated carbocycles. The van der Waals surface area contributed by atoms with E-state index >= 15 is 0 Å². The summed E-state index contributed by atoms with van der Waals surface area (Å²) in [7, 11) is 0. The number of carbonyl (C=O) groups excluding carboxylic acids is 1. The minimum absolute atomic E-state index is 0.0339. The molecule has 0 bridgehead atoms. The summed E-state index contributed by atoms with van der Waals surface area (Å²) < 4.78 is 1.02. The van der Waals surface area contributed by atoms with Gasteiger partial charge < -0.3 is 10.6 Å². The van der Waals surface area contributed by atoms with Gasteiger partial charge in [0.1, 0.15) is 0 Å². The Bertz CT molecular complexity index is 441. The molecule has 116 valence electrons. The van der Waals surface area contributed by atoms with E-state index in [9.17, 15) is 4.79 Å². The van der Waals surface area contributed by atoms with Gasteiger partial charge in [0.25, 0.3) is 0 Å². The van der Waals surface area contributed by atoms with E-state index in [1.807, 2.05) is 24.3 Å². The minimum Gasteiger partial charge on any atom is -0.325 e. The number of halogens is 1. The van der Waals surface area contributed by atoms with E-state index in [4.69, 9.17) is 0 Å². The van der Waals surface area contributed by atoms with Crippen LogP contribution in [0.2, 0.25) is 0 Å². The Kier molecular flexibility index (Phi) is 6.71. The van der Waals surface area contributed by atoms with E-state index in [0.29, 0.717) is 12.6 Å². The molecule has 0 saturated heterocycles. The maximum absolute atomic E-state index is 12.0. The fourth-order valence-corrected chi connectivity index (χ4v) is 3.41. The van der Waals surface area contributed by atoms with Crippen LogP contribution in [0.15, 0.2) is 28.7 Å². The first-order valence-corrected chi connectivity index (χ1v) is 8.77. The lowest BCUT2D eigenvalue weighted by molar-refractivity contribution is -0.115. The molecule has 1 aromatic rings. The van der Waals surface area contributed by atoms with Crippen LogP contribution in [0, 0.1) is 5.92 Å². The molecule has 0 aromatic heterocycles. The molecule has 4 heteroatoms. The van der Waals surface area contributed by atoms with Crippen LogP contribution in [-0.4, -0.2) is 18.5 Å². The molecule has 1 fully saturated rings. The maximum Gasteiger partial charge on any atom is 0.238 e. The third kappa shape index (κ3) is 5.44. The van der Waals surface area contributed by atoms with Gasteiger partial charge in [0.2, 0.25) is 5.91 Å². The normalized spacial score (nSPS) is 17.4. The quantitative estimate of drug-likeness (QED) is 0.799. The summed E-state index contributed by atoms with van der Waals surface area (Å²) in [6.07, 6.45) is 7.76. The highest BCUT2D eigenvalue weighted by atomic mass is 79.9. The van der Waals surface area contributed by atoms with Crippen molar-refractivity contribution >= 4 is 27.5 Å². The zero-order chi connectivity index (χ0) is 15.1. The highest BCUT2D eigenvalue weighted by Crippen LogP contribution is 2.27. The molecule has 3 nitrogen and oxygen atoms in total. The van der Waals surface area contributed by atoms with Crippen molar-refractivity contribution in [3.63, 3.8) is 0 Å². The average molecular weight is 353 g/mol. The lowest BCUT2D eigenvalue weighted by Crippen LogP contribution is -2.41. The highest BCUT2D eigenvalue weighted by Gasteiger charge is 2.22. The molecule has 1 aliphatic rings. The number of nitrogens with one attached hydrogen (secondary N) is 2. The van der Waals surface area contributed by atoms with Gasteiger partial charge in [-0.3, -0.25) is 4.79 Å². The van der Waals surface area contributed by atoms with Gasteiger partial charge in [-0.05, 0) is 49.4 Å². The fourth-order valence-electron chi connectivity index (χ4n) is 3.14. The minimum atomic E-state index is 0.0339. The Labute approximate surface area is 136 Å². The second kappa shape index (κ2) is 8.54. The largest absolute Gasteiger partial charge is 0.325 e. The Morgan fingerprint density at radius 3 is 2.52 bits per heavy atom. The van der Waals surface area contributed by atoms with Gasteiger partial charge in [0.15, 0.2) is 0 Å². The molecule has 2 N–H and O–H groups in total. The van der Waals surface area contributed by atoms with Crippen molar-refractivity contribution < 1.29 is 4.79 Å². The average Bonchev–Trinajstić information content (AvgIpc) is 2.51. The third-order valence-electron chi connectivity index (χ3n) is 4.31. The Morgan fingerprint density at radius 2 is 1.90 bits per heavy atom. The van der Waals surface area contributed by atoms with E-state index in [2.05, 4.69) is 33.5 Å². The molecular formula is C17H25BrN2O. The molecule has 0 spiro atoms. The molecule has 0 heterocycles. The van der Waals surface area contributed by atoms with Crippen LogP contribution in [0.5, 0.6) is 0 Å². The second-order valence-electron chi connectivity index (χ2n) is 5.85. The highest BCUT2D eigenvalue weighted by molar-refractivity contribution is 9.10. The molecule has 0 radical (unpaired) electrons. The summed E-state index contributed by atoms with van der Waals surface area (Å²) >= 11 is 3.39. The van der Waals surface area contributed by atoms with Crippen molar-refractivity contribution in [2.75, 3.05) is 11.9 Å².